The SMILES string of the molecule is COCCC(C)C(N)c1ccc(Br)cc1C(F)(F)F. The van der Waals surface area contributed by atoms with E-state index in [1.54, 1.807) is 13.2 Å². The molecule has 2 N–H and O–H groups in total. The summed E-state index contributed by atoms with van der Waals surface area (Å²) in [5.41, 5.74) is 5.40. The van der Waals surface area contributed by atoms with Gasteiger partial charge in [-0.15, -0.1) is 0 Å². The van der Waals surface area contributed by atoms with E-state index in [1.165, 1.54) is 6.07 Å². The molecule has 0 saturated heterocycles. The van der Waals surface area contributed by atoms with Gasteiger partial charge in [-0.1, -0.05) is 28.9 Å². The van der Waals surface area contributed by atoms with E-state index in [1.807, 2.05) is 6.92 Å². The normalized spacial score (nSPS) is 15.3. The molecule has 1 aromatic rings. The second-order valence-corrected chi connectivity index (χ2v) is 5.43. The summed E-state index contributed by atoms with van der Waals surface area (Å²) in [5, 5.41) is 0. The van der Waals surface area contributed by atoms with Crippen LogP contribution < -0.4 is 5.73 Å². The largest absolute Gasteiger partial charge is 0.416 e. The van der Waals surface area contributed by atoms with Crippen LogP contribution in [0.1, 0.15) is 30.5 Å². The van der Waals surface area contributed by atoms with Crippen molar-refractivity contribution in [3.05, 3.63) is 33.8 Å². The summed E-state index contributed by atoms with van der Waals surface area (Å²) in [5.74, 6) is -0.0952. The Balaban J connectivity index is 3.05. The lowest BCUT2D eigenvalue weighted by molar-refractivity contribution is -0.138. The highest BCUT2D eigenvalue weighted by Gasteiger charge is 2.35. The van der Waals surface area contributed by atoms with Crippen LogP contribution in [0, 0.1) is 5.92 Å². The highest BCUT2D eigenvalue weighted by Crippen LogP contribution is 2.37. The Bertz CT molecular complexity index is 423. The van der Waals surface area contributed by atoms with Crippen molar-refractivity contribution in [1.29, 1.82) is 0 Å². The van der Waals surface area contributed by atoms with Crippen molar-refractivity contribution in [2.45, 2.75) is 25.6 Å². The van der Waals surface area contributed by atoms with Crippen molar-refractivity contribution in [3.63, 3.8) is 0 Å². The molecule has 0 bridgehead atoms. The Hall–Kier alpha value is -0.590. The number of rotatable bonds is 5. The van der Waals surface area contributed by atoms with Gasteiger partial charge < -0.3 is 10.5 Å². The van der Waals surface area contributed by atoms with Crippen LogP contribution in [-0.2, 0) is 10.9 Å². The molecule has 0 amide bonds. The predicted molar refractivity (Wildman–Crippen MR) is 71.7 cm³/mol. The van der Waals surface area contributed by atoms with Crippen molar-refractivity contribution >= 4 is 15.9 Å². The van der Waals surface area contributed by atoms with Gasteiger partial charge in [-0.3, -0.25) is 0 Å². The standard InChI is InChI=1S/C13H17BrF3NO/c1-8(5-6-19-2)12(18)10-4-3-9(14)7-11(10)13(15,16)17/h3-4,7-8,12H,5-6,18H2,1-2H3. The van der Waals surface area contributed by atoms with E-state index < -0.39 is 17.8 Å². The molecule has 0 heterocycles. The van der Waals surface area contributed by atoms with Crippen LogP contribution >= 0.6 is 15.9 Å². The van der Waals surface area contributed by atoms with Gasteiger partial charge in [0.25, 0.3) is 0 Å². The van der Waals surface area contributed by atoms with Crippen LogP contribution in [0.15, 0.2) is 22.7 Å². The molecule has 0 radical (unpaired) electrons. The molecule has 0 aliphatic heterocycles. The maximum atomic E-state index is 13.0. The van der Waals surface area contributed by atoms with Crippen LogP contribution in [0.5, 0.6) is 0 Å². The Morgan fingerprint density at radius 1 is 1.37 bits per heavy atom. The summed E-state index contributed by atoms with van der Waals surface area (Å²) in [6, 6.07) is 3.41. The van der Waals surface area contributed by atoms with Crippen LogP contribution in [0.4, 0.5) is 13.2 Å². The van der Waals surface area contributed by atoms with Crippen LogP contribution in [0.2, 0.25) is 0 Å². The van der Waals surface area contributed by atoms with E-state index in [-0.39, 0.29) is 11.5 Å². The first kappa shape index (κ1) is 16.5. The molecule has 1 aromatic carbocycles. The quantitative estimate of drug-likeness (QED) is 0.874. The van der Waals surface area contributed by atoms with E-state index in [4.69, 9.17) is 10.5 Å². The molecule has 0 aliphatic rings. The second kappa shape index (κ2) is 6.72. The number of benzene rings is 1. The first-order valence-electron chi connectivity index (χ1n) is 5.88. The number of methoxy groups -OCH3 is 1. The molecule has 2 unspecified atom stereocenters. The van der Waals surface area contributed by atoms with Crippen LogP contribution in [0.25, 0.3) is 0 Å². The van der Waals surface area contributed by atoms with Crippen LogP contribution in [-0.4, -0.2) is 13.7 Å². The van der Waals surface area contributed by atoms with E-state index in [2.05, 4.69) is 15.9 Å². The van der Waals surface area contributed by atoms with Gasteiger partial charge in [0.1, 0.15) is 0 Å². The molecule has 108 valence electrons. The Morgan fingerprint density at radius 2 is 2.00 bits per heavy atom. The molecule has 0 spiro atoms. The summed E-state index contributed by atoms with van der Waals surface area (Å²) in [6.07, 6.45) is -3.79. The molecule has 19 heavy (non-hydrogen) atoms. The van der Waals surface area contributed by atoms with Gasteiger partial charge in [0, 0.05) is 24.2 Å². The second-order valence-electron chi connectivity index (χ2n) is 4.51. The van der Waals surface area contributed by atoms with Gasteiger partial charge in [-0.2, -0.15) is 13.2 Å². The molecule has 2 nitrogen and oxygen atoms in total. The lowest BCUT2D eigenvalue weighted by Crippen LogP contribution is -2.24. The Kier molecular flexibility index (Phi) is 5.82. The average molecular weight is 340 g/mol. The number of alkyl halides is 3. The van der Waals surface area contributed by atoms with Crippen molar-refractivity contribution < 1.29 is 17.9 Å². The monoisotopic (exact) mass is 339 g/mol. The van der Waals surface area contributed by atoms with Crippen molar-refractivity contribution in [3.8, 4) is 0 Å². The van der Waals surface area contributed by atoms with Crippen molar-refractivity contribution in [1.82, 2.24) is 0 Å². The lowest BCUT2D eigenvalue weighted by Gasteiger charge is -2.23. The molecule has 2 atom stereocenters. The summed E-state index contributed by atoms with van der Waals surface area (Å²) in [7, 11) is 1.55. The van der Waals surface area contributed by atoms with E-state index in [0.717, 1.165) is 6.07 Å². The zero-order valence-electron chi connectivity index (χ0n) is 10.8. The molecule has 1 rings (SSSR count). The third-order valence-electron chi connectivity index (χ3n) is 3.07. The molecule has 0 aromatic heterocycles. The third-order valence-corrected chi connectivity index (χ3v) is 3.56. The fraction of sp³-hybridized carbons (Fsp3) is 0.538. The van der Waals surface area contributed by atoms with Crippen molar-refractivity contribution in [2.75, 3.05) is 13.7 Å². The van der Waals surface area contributed by atoms with Crippen molar-refractivity contribution in [2.24, 2.45) is 11.7 Å². The Morgan fingerprint density at radius 3 is 2.53 bits per heavy atom. The van der Waals surface area contributed by atoms with E-state index >= 15 is 0 Å². The highest BCUT2D eigenvalue weighted by molar-refractivity contribution is 9.10. The minimum Gasteiger partial charge on any atom is -0.385 e. The molecular weight excluding hydrogens is 323 g/mol. The summed E-state index contributed by atoms with van der Waals surface area (Å²) < 4.78 is 44.3. The fourth-order valence-corrected chi connectivity index (χ4v) is 2.22. The number of ether oxygens (including phenoxy) is 1. The molecule has 0 aliphatic carbocycles. The number of hydrogen-bond acceptors (Lipinski definition) is 2. The third kappa shape index (κ3) is 4.47. The highest BCUT2D eigenvalue weighted by atomic mass is 79.9. The van der Waals surface area contributed by atoms with Gasteiger partial charge >= 0.3 is 6.18 Å². The zero-order valence-corrected chi connectivity index (χ0v) is 12.4. The number of halogens is 4. The molecule has 0 saturated carbocycles. The lowest BCUT2D eigenvalue weighted by atomic mass is 9.90. The molecule has 0 fully saturated rings. The number of hydrogen-bond donors (Lipinski definition) is 1. The summed E-state index contributed by atoms with van der Waals surface area (Å²) >= 11 is 3.06. The zero-order chi connectivity index (χ0) is 14.6. The van der Waals surface area contributed by atoms with Gasteiger partial charge in [0.15, 0.2) is 0 Å². The minimum absolute atomic E-state index is 0.0952. The smallest absolute Gasteiger partial charge is 0.385 e. The van der Waals surface area contributed by atoms with Gasteiger partial charge in [-0.25, -0.2) is 0 Å². The number of nitrogens with two attached hydrogens (primary N) is 1. The van der Waals surface area contributed by atoms with Gasteiger partial charge in [0.05, 0.1) is 5.56 Å². The fourth-order valence-electron chi connectivity index (χ4n) is 1.85. The topological polar surface area (TPSA) is 35.2 Å². The minimum atomic E-state index is -4.41. The average Bonchev–Trinajstić information content (AvgIpc) is 2.34. The van der Waals surface area contributed by atoms with Gasteiger partial charge in [0.2, 0.25) is 0 Å². The van der Waals surface area contributed by atoms with Gasteiger partial charge in [-0.05, 0) is 30.0 Å². The summed E-state index contributed by atoms with van der Waals surface area (Å²) in [6.45, 7) is 2.30. The Labute approximate surface area is 119 Å². The van der Waals surface area contributed by atoms with E-state index in [0.29, 0.717) is 17.5 Å². The first-order chi connectivity index (χ1) is 8.77. The van der Waals surface area contributed by atoms with Crippen LogP contribution in [0.3, 0.4) is 0 Å². The predicted octanol–water partition coefficient (Wildman–Crippen LogP) is 4.14. The maximum absolute atomic E-state index is 13.0. The maximum Gasteiger partial charge on any atom is 0.416 e. The van der Waals surface area contributed by atoms with E-state index in [9.17, 15) is 13.2 Å². The molecular formula is C13H17BrF3NO. The first-order valence-corrected chi connectivity index (χ1v) is 6.67. The summed E-state index contributed by atoms with van der Waals surface area (Å²) in [4.78, 5) is 0. The molecule has 6 heteroatoms.